The van der Waals surface area contributed by atoms with Crippen LogP contribution in [0.1, 0.15) is 12.8 Å². The van der Waals surface area contributed by atoms with Crippen LogP contribution in [0.2, 0.25) is 0 Å². The van der Waals surface area contributed by atoms with Gasteiger partial charge in [-0.05, 0) is 59.3 Å². The van der Waals surface area contributed by atoms with Crippen molar-refractivity contribution in [2.45, 2.75) is 25.0 Å². The van der Waals surface area contributed by atoms with E-state index >= 15 is 0 Å². The van der Waals surface area contributed by atoms with Gasteiger partial charge in [0.2, 0.25) is 0 Å². The van der Waals surface area contributed by atoms with Crippen LogP contribution in [0.15, 0.2) is 72.8 Å². The molecule has 0 radical (unpaired) electrons. The fraction of sp³-hybridized carbons (Fsp3) is 0.333. The predicted octanol–water partition coefficient (Wildman–Crippen LogP) is 5.79. The maximum absolute atomic E-state index is 6.09. The van der Waals surface area contributed by atoms with Crippen LogP contribution in [0.5, 0.6) is 23.0 Å². The van der Waals surface area contributed by atoms with Gasteiger partial charge in [-0.1, -0.05) is 24.3 Å². The smallest absolute Gasteiger partial charge is 0.127 e. The number of fused-ring (bicyclic) bond motifs is 2. The lowest BCUT2D eigenvalue weighted by Gasteiger charge is -2.13. The molecule has 2 atom stereocenters. The van der Waals surface area contributed by atoms with Crippen molar-refractivity contribution in [1.82, 2.24) is 0 Å². The molecule has 0 amide bonds. The van der Waals surface area contributed by atoms with E-state index in [1.54, 1.807) is 0 Å². The third-order valence-electron chi connectivity index (χ3n) is 6.44. The number of hydrogen-bond donors (Lipinski definition) is 0. The van der Waals surface area contributed by atoms with E-state index in [4.69, 9.17) is 28.4 Å². The zero-order chi connectivity index (χ0) is 24.2. The zero-order valence-corrected chi connectivity index (χ0v) is 20.2. The van der Waals surface area contributed by atoms with E-state index in [1.807, 2.05) is 36.4 Å². The molecule has 2 aliphatic rings. The zero-order valence-electron chi connectivity index (χ0n) is 20.2. The van der Waals surface area contributed by atoms with E-state index in [9.17, 15) is 0 Å². The summed E-state index contributed by atoms with van der Waals surface area (Å²) >= 11 is 0. The Hall–Kier alpha value is -3.48. The quantitative estimate of drug-likeness (QED) is 0.176. The average molecular weight is 487 g/mol. The minimum Gasteiger partial charge on any atom is -0.493 e. The summed E-state index contributed by atoms with van der Waals surface area (Å²) in [4.78, 5) is 0. The van der Waals surface area contributed by atoms with Crippen LogP contribution in [-0.4, -0.2) is 51.8 Å². The maximum atomic E-state index is 6.09. The standard InChI is InChI=1S/C30H30O6/c1-3-21-17-23(31-13-11-25-19-35-25)7-9-27(21)29(5-1)33-15-16-34-30-6-2-4-22-18-24(8-10-28(22)30)32-14-12-26-20-36-26/h1-10,17-18,25-26H,11-16,19-20H2. The topological polar surface area (TPSA) is 62.0 Å². The first-order chi connectivity index (χ1) is 17.8. The Morgan fingerprint density at radius 3 is 1.47 bits per heavy atom. The molecular formula is C30H30O6. The van der Waals surface area contributed by atoms with Crippen molar-refractivity contribution in [2.24, 2.45) is 0 Å². The molecule has 2 saturated heterocycles. The van der Waals surface area contributed by atoms with Crippen molar-refractivity contribution in [3.05, 3.63) is 72.8 Å². The number of rotatable bonds is 13. The van der Waals surface area contributed by atoms with Crippen LogP contribution in [0, 0.1) is 0 Å². The van der Waals surface area contributed by atoms with Gasteiger partial charge >= 0.3 is 0 Å². The molecule has 4 aromatic rings. The van der Waals surface area contributed by atoms with Crippen molar-refractivity contribution in [1.29, 1.82) is 0 Å². The van der Waals surface area contributed by atoms with Gasteiger partial charge in [0.1, 0.15) is 36.2 Å². The minimum absolute atomic E-state index is 0.380. The van der Waals surface area contributed by atoms with Crippen molar-refractivity contribution >= 4 is 21.5 Å². The van der Waals surface area contributed by atoms with Crippen molar-refractivity contribution in [3.63, 3.8) is 0 Å². The van der Waals surface area contributed by atoms with Crippen LogP contribution in [-0.2, 0) is 9.47 Å². The minimum atomic E-state index is 0.380. The van der Waals surface area contributed by atoms with Crippen LogP contribution in [0.4, 0.5) is 0 Å². The van der Waals surface area contributed by atoms with E-state index in [-0.39, 0.29) is 0 Å². The van der Waals surface area contributed by atoms with Crippen molar-refractivity contribution in [3.8, 4) is 23.0 Å². The van der Waals surface area contributed by atoms with Crippen molar-refractivity contribution < 1.29 is 28.4 Å². The number of ether oxygens (including phenoxy) is 6. The summed E-state index contributed by atoms with van der Waals surface area (Å²) in [7, 11) is 0. The molecule has 6 nitrogen and oxygen atoms in total. The fourth-order valence-electron chi connectivity index (χ4n) is 4.28. The van der Waals surface area contributed by atoms with E-state index in [2.05, 4.69) is 36.4 Å². The van der Waals surface area contributed by atoms with E-state index in [0.29, 0.717) is 38.6 Å². The first kappa shape index (κ1) is 23.0. The highest BCUT2D eigenvalue weighted by molar-refractivity contribution is 5.90. The van der Waals surface area contributed by atoms with Crippen LogP contribution >= 0.6 is 0 Å². The summed E-state index contributed by atoms with van der Waals surface area (Å²) in [5.74, 6) is 3.41. The van der Waals surface area contributed by atoms with Crippen LogP contribution in [0.25, 0.3) is 21.5 Å². The van der Waals surface area contributed by atoms with Crippen LogP contribution < -0.4 is 18.9 Å². The molecule has 36 heavy (non-hydrogen) atoms. The second-order valence-corrected chi connectivity index (χ2v) is 9.16. The summed E-state index contributed by atoms with van der Waals surface area (Å²) in [6.07, 6.45) is 2.63. The molecule has 4 aromatic carbocycles. The highest BCUT2D eigenvalue weighted by Gasteiger charge is 2.22. The monoisotopic (exact) mass is 486 g/mol. The third kappa shape index (κ3) is 5.83. The fourth-order valence-corrected chi connectivity index (χ4v) is 4.28. The molecule has 0 aromatic heterocycles. The third-order valence-corrected chi connectivity index (χ3v) is 6.44. The average Bonchev–Trinajstić information content (AvgIpc) is 3.83. The first-order valence-electron chi connectivity index (χ1n) is 12.6. The second kappa shape index (κ2) is 10.6. The molecule has 186 valence electrons. The lowest BCUT2D eigenvalue weighted by molar-refractivity contribution is 0.220. The van der Waals surface area contributed by atoms with Gasteiger partial charge in [0.25, 0.3) is 0 Å². The predicted molar refractivity (Wildman–Crippen MR) is 139 cm³/mol. The van der Waals surface area contributed by atoms with Crippen molar-refractivity contribution in [2.75, 3.05) is 39.6 Å². The molecule has 2 heterocycles. The summed E-state index contributed by atoms with van der Waals surface area (Å²) in [5, 5.41) is 4.29. The Balaban J connectivity index is 1.03. The SMILES string of the molecule is c1cc(OCCOc2cccc3cc(OCCC4CO4)ccc23)c2ccc(OCCC3CO3)cc2c1. The Labute approximate surface area is 210 Å². The largest absolute Gasteiger partial charge is 0.493 e. The lowest BCUT2D eigenvalue weighted by Crippen LogP contribution is -2.09. The molecule has 0 spiro atoms. The van der Waals surface area contributed by atoms with Gasteiger partial charge in [-0.25, -0.2) is 0 Å². The highest BCUT2D eigenvalue weighted by atomic mass is 16.6. The molecule has 6 heteroatoms. The van der Waals surface area contributed by atoms with Gasteiger partial charge in [-0.2, -0.15) is 0 Å². The van der Waals surface area contributed by atoms with E-state index < -0.39 is 0 Å². The molecule has 2 fully saturated rings. The molecule has 6 rings (SSSR count). The molecule has 0 N–H and O–H groups in total. The Morgan fingerprint density at radius 2 is 1.03 bits per heavy atom. The van der Waals surface area contributed by atoms with Gasteiger partial charge in [-0.15, -0.1) is 0 Å². The normalized spacial score (nSPS) is 18.2. The molecule has 0 bridgehead atoms. The van der Waals surface area contributed by atoms with Gasteiger partial charge in [0, 0.05) is 23.6 Å². The number of epoxide rings is 2. The summed E-state index contributed by atoms with van der Waals surface area (Å²) < 4.78 is 34.4. The van der Waals surface area contributed by atoms with Crippen LogP contribution in [0.3, 0.4) is 0 Å². The van der Waals surface area contributed by atoms with Gasteiger partial charge in [-0.3, -0.25) is 0 Å². The number of hydrogen-bond acceptors (Lipinski definition) is 6. The molecular weight excluding hydrogens is 456 g/mol. The summed E-state index contributed by atoms with van der Waals surface area (Å²) in [5.41, 5.74) is 0. The first-order valence-corrected chi connectivity index (χ1v) is 12.6. The Kier molecular flexibility index (Phi) is 6.79. The summed E-state index contributed by atoms with van der Waals surface area (Å²) in [6.45, 7) is 3.95. The second-order valence-electron chi connectivity index (χ2n) is 9.16. The highest BCUT2D eigenvalue weighted by Crippen LogP contribution is 2.31. The van der Waals surface area contributed by atoms with E-state index in [0.717, 1.165) is 70.6 Å². The van der Waals surface area contributed by atoms with Gasteiger partial charge in [0.15, 0.2) is 0 Å². The van der Waals surface area contributed by atoms with E-state index in [1.165, 1.54) is 0 Å². The van der Waals surface area contributed by atoms with Gasteiger partial charge < -0.3 is 28.4 Å². The Morgan fingerprint density at radius 1 is 0.556 bits per heavy atom. The lowest BCUT2D eigenvalue weighted by atomic mass is 10.1. The summed E-state index contributed by atoms with van der Waals surface area (Å²) in [6, 6.07) is 24.3. The molecule has 2 unspecified atom stereocenters. The molecule has 2 aliphatic heterocycles. The van der Waals surface area contributed by atoms with Gasteiger partial charge in [0.05, 0.1) is 38.6 Å². The maximum Gasteiger partial charge on any atom is 0.127 e. The molecule has 0 aliphatic carbocycles. The number of benzene rings is 4. The Bertz CT molecular complexity index is 1220. The molecule has 0 saturated carbocycles.